The average molecular weight is 573 g/mol. The standard InChI is InChI=1S/C28H28O13/c1-10-35-8-19-26(39-10)23(31)24(32)28(40-19)41-25-13-6-17-16(37-9-38-17)5-12(13)20(21-14(25)7-36-27(21)33)11-3-15(29)22(30)18(4-11)34-2/h3-6,10,14,19-21,23-26,28,31-32H,7-9H2,1-2H3/t10?,14?,19?,20-,21+,23?,24?,25?,26?,28?/m1/s1. The number of carbonyl (C=O) groups is 3. The second-order valence-electron chi connectivity index (χ2n) is 10.8. The molecule has 2 aliphatic carbocycles. The maximum atomic E-state index is 13.3. The fraction of sp³-hybridized carbons (Fsp3) is 0.536. The third kappa shape index (κ3) is 4.18. The van der Waals surface area contributed by atoms with Crippen molar-refractivity contribution in [3.8, 4) is 11.5 Å². The maximum Gasteiger partial charge on any atom is 0.310 e. The Balaban J connectivity index is 1.30. The maximum absolute atomic E-state index is 13.3. The SMILES string of the molecule is COC1=CC([C@@H]2c3cc4c(cc3C(OC3OC5COC(C)OC5C(O)C3O)C3COC(=O)[C@@H]32)OCO4)=CC(=O)C1=O. The molecular formula is C28H28O13. The van der Waals surface area contributed by atoms with Gasteiger partial charge in [0.15, 0.2) is 29.8 Å². The fourth-order valence-electron chi connectivity index (χ4n) is 6.57. The van der Waals surface area contributed by atoms with Crippen molar-refractivity contribution < 1.29 is 62.5 Å². The van der Waals surface area contributed by atoms with Gasteiger partial charge in [-0.1, -0.05) is 0 Å². The number of rotatable bonds is 4. The van der Waals surface area contributed by atoms with Crippen molar-refractivity contribution in [2.45, 2.75) is 55.9 Å². The molecule has 1 aromatic rings. The highest BCUT2D eigenvalue weighted by molar-refractivity contribution is 6.47. The van der Waals surface area contributed by atoms with Crippen molar-refractivity contribution in [2.24, 2.45) is 11.8 Å². The number of methoxy groups -OCH3 is 1. The lowest BCUT2D eigenvalue weighted by molar-refractivity contribution is -0.364. The first-order chi connectivity index (χ1) is 19.7. The zero-order valence-electron chi connectivity index (χ0n) is 22.1. The molecule has 0 aromatic heterocycles. The molecule has 0 radical (unpaired) electrons. The number of hydrogen-bond donors (Lipinski definition) is 2. The minimum Gasteiger partial charge on any atom is -0.492 e. The monoisotopic (exact) mass is 572 g/mol. The largest absolute Gasteiger partial charge is 0.492 e. The van der Waals surface area contributed by atoms with Crippen molar-refractivity contribution in [2.75, 3.05) is 27.1 Å². The molecule has 8 unspecified atom stereocenters. The number of aliphatic hydroxyl groups excluding tert-OH is 2. The Labute approximate surface area is 233 Å². The van der Waals surface area contributed by atoms with E-state index in [9.17, 15) is 24.6 Å². The summed E-state index contributed by atoms with van der Waals surface area (Å²) in [6.45, 7) is 1.79. The molecule has 0 bridgehead atoms. The smallest absolute Gasteiger partial charge is 0.310 e. The van der Waals surface area contributed by atoms with Crippen molar-refractivity contribution in [1.29, 1.82) is 0 Å². The second kappa shape index (κ2) is 9.89. The Kier molecular flexibility index (Phi) is 6.41. The lowest BCUT2D eigenvalue weighted by atomic mass is 9.65. The molecule has 0 amide bonds. The van der Waals surface area contributed by atoms with Crippen molar-refractivity contribution in [1.82, 2.24) is 0 Å². The molecule has 13 heteroatoms. The molecule has 0 saturated carbocycles. The summed E-state index contributed by atoms with van der Waals surface area (Å²) in [5, 5.41) is 21.8. The quantitative estimate of drug-likeness (QED) is 0.285. The first kappa shape index (κ1) is 26.6. The van der Waals surface area contributed by atoms with Crippen LogP contribution in [0.15, 0.2) is 35.6 Å². The Hall–Kier alpha value is -3.33. The predicted molar refractivity (Wildman–Crippen MR) is 131 cm³/mol. The number of Topliss-reactive ketones (excluding diaryl/α,β-unsaturated/α-hetero) is 1. The Morgan fingerprint density at radius 3 is 2.44 bits per heavy atom. The van der Waals surface area contributed by atoms with Gasteiger partial charge in [0, 0.05) is 11.8 Å². The summed E-state index contributed by atoms with van der Waals surface area (Å²) in [6, 6.07) is 3.45. The van der Waals surface area contributed by atoms with Crippen LogP contribution in [-0.4, -0.2) is 91.9 Å². The molecule has 218 valence electrons. The van der Waals surface area contributed by atoms with Crippen LogP contribution >= 0.6 is 0 Å². The molecule has 7 rings (SSSR count). The van der Waals surface area contributed by atoms with Crippen LogP contribution in [-0.2, 0) is 42.8 Å². The van der Waals surface area contributed by atoms with Crippen LogP contribution < -0.4 is 9.47 Å². The molecule has 0 spiro atoms. The van der Waals surface area contributed by atoms with Gasteiger partial charge in [0.1, 0.15) is 24.4 Å². The van der Waals surface area contributed by atoms with Crippen molar-refractivity contribution in [3.63, 3.8) is 0 Å². The van der Waals surface area contributed by atoms with Gasteiger partial charge in [-0.25, -0.2) is 0 Å². The molecule has 41 heavy (non-hydrogen) atoms. The minimum atomic E-state index is -1.47. The molecule has 13 nitrogen and oxygen atoms in total. The summed E-state index contributed by atoms with van der Waals surface area (Å²) >= 11 is 0. The van der Waals surface area contributed by atoms with E-state index in [4.69, 9.17) is 37.9 Å². The number of cyclic esters (lactones) is 1. The van der Waals surface area contributed by atoms with E-state index in [2.05, 4.69) is 0 Å². The van der Waals surface area contributed by atoms with Crippen LogP contribution in [0.25, 0.3) is 0 Å². The molecule has 4 aliphatic heterocycles. The number of esters is 1. The number of benzene rings is 1. The second-order valence-corrected chi connectivity index (χ2v) is 10.8. The highest BCUT2D eigenvalue weighted by Crippen LogP contribution is 2.56. The topological polar surface area (TPSA) is 166 Å². The van der Waals surface area contributed by atoms with Gasteiger partial charge in [-0.2, -0.15) is 0 Å². The van der Waals surface area contributed by atoms with Crippen LogP contribution in [0, 0.1) is 11.8 Å². The molecule has 3 saturated heterocycles. The average Bonchev–Trinajstić information content (AvgIpc) is 3.58. The van der Waals surface area contributed by atoms with Crippen LogP contribution in [0.1, 0.15) is 30.1 Å². The van der Waals surface area contributed by atoms with E-state index in [1.807, 2.05) is 0 Å². The number of ketones is 2. The highest BCUT2D eigenvalue weighted by atomic mass is 16.8. The number of aliphatic hydroxyl groups is 2. The van der Waals surface area contributed by atoms with Crippen LogP contribution in [0.4, 0.5) is 0 Å². The third-order valence-electron chi connectivity index (χ3n) is 8.51. The summed E-state index contributed by atoms with van der Waals surface area (Å²) < 4.78 is 45.5. The van der Waals surface area contributed by atoms with Gasteiger partial charge in [0.2, 0.25) is 12.6 Å². The zero-order valence-corrected chi connectivity index (χ0v) is 22.1. The molecule has 6 aliphatic rings. The fourth-order valence-corrected chi connectivity index (χ4v) is 6.57. The Morgan fingerprint density at radius 1 is 0.927 bits per heavy atom. The molecule has 10 atom stereocenters. The van der Waals surface area contributed by atoms with Crippen LogP contribution in [0.5, 0.6) is 11.5 Å². The lowest BCUT2D eigenvalue weighted by Crippen LogP contribution is -2.63. The number of fused-ring (bicyclic) bond motifs is 4. The normalized spacial score (nSPS) is 39.3. The van der Waals surface area contributed by atoms with E-state index in [0.29, 0.717) is 28.2 Å². The highest BCUT2D eigenvalue weighted by Gasteiger charge is 2.56. The lowest BCUT2D eigenvalue weighted by Gasteiger charge is -2.47. The van der Waals surface area contributed by atoms with E-state index in [-0.39, 0.29) is 25.8 Å². The van der Waals surface area contributed by atoms with Gasteiger partial charge in [0.25, 0.3) is 5.78 Å². The van der Waals surface area contributed by atoms with Crippen LogP contribution in [0.2, 0.25) is 0 Å². The van der Waals surface area contributed by atoms with E-state index in [0.717, 1.165) is 0 Å². The third-order valence-corrected chi connectivity index (χ3v) is 8.51. The summed E-state index contributed by atoms with van der Waals surface area (Å²) in [6.07, 6.45) is -4.35. The van der Waals surface area contributed by atoms with E-state index >= 15 is 0 Å². The number of hydrogen-bond acceptors (Lipinski definition) is 13. The Morgan fingerprint density at radius 2 is 1.68 bits per heavy atom. The van der Waals surface area contributed by atoms with Gasteiger partial charge in [-0.3, -0.25) is 14.4 Å². The number of allylic oxidation sites excluding steroid dienone is 4. The van der Waals surface area contributed by atoms with E-state index in [1.54, 1.807) is 19.1 Å². The van der Waals surface area contributed by atoms with Gasteiger partial charge in [0.05, 0.1) is 32.3 Å². The minimum absolute atomic E-state index is 0.00907. The van der Waals surface area contributed by atoms with Gasteiger partial charge in [-0.15, -0.1) is 0 Å². The summed E-state index contributed by atoms with van der Waals surface area (Å²) in [5.74, 6) is -3.43. The first-order valence-electron chi connectivity index (χ1n) is 13.3. The van der Waals surface area contributed by atoms with E-state index < -0.39 is 78.4 Å². The summed E-state index contributed by atoms with van der Waals surface area (Å²) in [7, 11) is 1.29. The van der Waals surface area contributed by atoms with Crippen molar-refractivity contribution >= 4 is 17.5 Å². The van der Waals surface area contributed by atoms with Gasteiger partial charge in [-0.05, 0) is 47.9 Å². The molecule has 1 aromatic carbocycles. The number of carbonyl (C=O) groups excluding carboxylic acids is 3. The number of ether oxygens (including phenoxy) is 8. The first-order valence-corrected chi connectivity index (χ1v) is 13.3. The molecule has 3 fully saturated rings. The summed E-state index contributed by atoms with van der Waals surface area (Å²) in [5.41, 5.74) is 1.58. The molecular weight excluding hydrogens is 544 g/mol. The zero-order chi connectivity index (χ0) is 28.6. The van der Waals surface area contributed by atoms with Gasteiger partial charge < -0.3 is 48.1 Å². The predicted octanol–water partition coefficient (Wildman–Crippen LogP) is 0.176. The Bertz CT molecular complexity index is 1360. The molecule has 4 heterocycles. The molecule has 2 N–H and O–H groups in total. The van der Waals surface area contributed by atoms with Crippen LogP contribution in [0.3, 0.4) is 0 Å². The van der Waals surface area contributed by atoms with Gasteiger partial charge >= 0.3 is 5.97 Å². The summed E-state index contributed by atoms with van der Waals surface area (Å²) in [4.78, 5) is 38.2. The van der Waals surface area contributed by atoms with Crippen molar-refractivity contribution in [3.05, 3.63) is 46.7 Å². The van der Waals surface area contributed by atoms with E-state index in [1.165, 1.54) is 19.3 Å².